The van der Waals surface area contributed by atoms with Gasteiger partial charge in [-0.3, -0.25) is 9.59 Å². The highest BCUT2D eigenvalue weighted by molar-refractivity contribution is 6.01. The fourth-order valence-electron chi connectivity index (χ4n) is 4.35. The van der Waals surface area contributed by atoms with Gasteiger partial charge in [-0.2, -0.15) is 13.2 Å². The van der Waals surface area contributed by atoms with Crippen LogP contribution in [0.5, 0.6) is 0 Å². The summed E-state index contributed by atoms with van der Waals surface area (Å²) in [5, 5.41) is 2.79. The Hall–Kier alpha value is -3.36. The number of halogens is 3. The van der Waals surface area contributed by atoms with Crippen LogP contribution < -0.4 is 10.2 Å². The summed E-state index contributed by atoms with van der Waals surface area (Å²) in [6.07, 6.45) is -2.83. The summed E-state index contributed by atoms with van der Waals surface area (Å²) in [5.74, 6) is 0.771. The minimum absolute atomic E-state index is 0.179. The molecule has 32 heavy (non-hydrogen) atoms. The first-order valence-electron chi connectivity index (χ1n) is 10.5. The lowest BCUT2D eigenvalue weighted by molar-refractivity contribution is -0.137. The van der Waals surface area contributed by atoms with Gasteiger partial charge in [0.05, 0.1) is 16.6 Å². The molecule has 166 valence electrons. The molecule has 1 saturated heterocycles. The average Bonchev–Trinajstić information content (AvgIpc) is 3.22. The summed E-state index contributed by atoms with van der Waals surface area (Å²) in [6.45, 7) is 0.347. The molecule has 2 aromatic carbocycles. The number of fused-ring (bicyclic) bond motifs is 1. The van der Waals surface area contributed by atoms with Crippen molar-refractivity contribution in [1.29, 1.82) is 0 Å². The molecule has 1 aliphatic heterocycles. The van der Waals surface area contributed by atoms with Crippen molar-refractivity contribution >= 4 is 28.5 Å². The van der Waals surface area contributed by atoms with Gasteiger partial charge in [0.25, 0.3) is 0 Å². The van der Waals surface area contributed by atoms with E-state index in [0.29, 0.717) is 25.1 Å². The number of imidazole rings is 1. The maximum Gasteiger partial charge on any atom is 0.416 e. The highest BCUT2D eigenvalue weighted by Crippen LogP contribution is 2.48. The molecule has 9 heteroatoms. The number of hydrogen-bond acceptors (Lipinski definition) is 3. The first-order valence-corrected chi connectivity index (χ1v) is 10.5. The molecule has 3 atom stereocenters. The molecule has 2 aliphatic rings. The highest BCUT2D eigenvalue weighted by atomic mass is 19.4. The van der Waals surface area contributed by atoms with Crippen molar-refractivity contribution in [3.8, 4) is 0 Å². The lowest BCUT2D eigenvalue weighted by Gasteiger charge is -2.18. The quantitative estimate of drug-likeness (QED) is 0.627. The molecule has 0 spiro atoms. The first kappa shape index (κ1) is 20.5. The summed E-state index contributed by atoms with van der Waals surface area (Å²) < 4.78 is 38.2. The zero-order chi connectivity index (χ0) is 22.5. The fraction of sp³-hybridized carbons (Fsp3) is 0.348. The van der Waals surface area contributed by atoms with Gasteiger partial charge in [0.15, 0.2) is 0 Å². The summed E-state index contributed by atoms with van der Waals surface area (Å²) in [4.78, 5) is 34.5. The largest absolute Gasteiger partial charge is 0.416 e. The molecular weight excluding hydrogens is 421 g/mol. The second kappa shape index (κ2) is 7.65. The van der Waals surface area contributed by atoms with Gasteiger partial charge in [-0.15, -0.1) is 0 Å². The Bertz CT molecular complexity index is 1140. The van der Waals surface area contributed by atoms with E-state index in [-0.39, 0.29) is 23.7 Å². The van der Waals surface area contributed by atoms with Crippen LogP contribution in [0.3, 0.4) is 0 Å². The number of hydrogen-bond donors (Lipinski definition) is 2. The van der Waals surface area contributed by atoms with E-state index in [0.717, 1.165) is 35.4 Å². The molecule has 0 bridgehead atoms. The normalized spacial score (nSPS) is 23.0. The molecule has 1 saturated carbocycles. The number of amides is 2. The summed E-state index contributed by atoms with van der Waals surface area (Å²) in [5.41, 5.74) is 1.50. The number of H-pyrrole nitrogens is 1. The van der Waals surface area contributed by atoms with E-state index < -0.39 is 17.8 Å². The van der Waals surface area contributed by atoms with Crippen molar-refractivity contribution in [3.05, 3.63) is 59.9 Å². The van der Waals surface area contributed by atoms with Crippen molar-refractivity contribution in [2.45, 2.75) is 37.4 Å². The zero-order valence-corrected chi connectivity index (χ0v) is 17.0. The van der Waals surface area contributed by atoms with E-state index in [1.54, 1.807) is 0 Å². The van der Waals surface area contributed by atoms with Crippen LogP contribution >= 0.6 is 0 Å². The molecule has 1 aromatic heterocycles. The highest BCUT2D eigenvalue weighted by Gasteiger charge is 2.43. The molecule has 2 amide bonds. The molecule has 5 rings (SSSR count). The Labute approximate surface area is 181 Å². The fourth-order valence-corrected chi connectivity index (χ4v) is 4.35. The predicted octanol–water partition coefficient (Wildman–Crippen LogP) is 4.00. The smallest absolute Gasteiger partial charge is 0.344 e. The van der Waals surface area contributed by atoms with Gasteiger partial charge in [0.2, 0.25) is 11.8 Å². The third-order valence-electron chi connectivity index (χ3n) is 6.18. The second-order valence-corrected chi connectivity index (χ2v) is 8.39. The molecule has 0 radical (unpaired) electrons. The van der Waals surface area contributed by atoms with Gasteiger partial charge in [-0.1, -0.05) is 12.1 Å². The number of benzene rings is 2. The number of rotatable bonds is 5. The van der Waals surface area contributed by atoms with Gasteiger partial charge in [0.1, 0.15) is 11.9 Å². The number of carbonyl (C=O) groups excluding carboxylic acids is 2. The monoisotopic (exact) mass is 442 g/mol. The third-order valence-corrected chi connectivity index (χ3v) is 6.18. The molecular formula is C23H21F3N4O2. The molecule has 2 N–H and O–H groups in total. The van der Waals surface area contributed by atoms with E-state index in [2.05, 4.69) is 15.3 Å². The zero-order valence-electron chi connectivity index (χ0n) is 17.0. The summed E-state index contributed by atoms with van der Waals surface area (Å²) in [6, 6.07) is 11.6. The number of carbonyl (C=O) groups is 2. The van der Waals surface area contributed by atoms with Gasteiger partial charge < -0.3 is 15.2 Å². The van der Waals surface area contributed by atoms with E-state index in [4.69, 9.17) is 0 Å². The van der Waals surface area contributed by atoms with Crippen LogP contribution in [-0.4, -0.2) is 34.4 Å². The van der Waals surface area contributed by atoms with Gasteiger partial charge in [0, 0.05) is 24.6 Å². The number of aromatic amines is 1. The predicted molar refractivity (Wildman–Crippen MR) is 112 cm³/mol. The molecule has 2 fully saturated rings. The van der Waals surface area contributed by atoms with Crippen LogP contribution in [0.1, 0.15) is 36.6 Å². The average molecular weight is 442 g/mol. The van der Waals surface area contributed by atoms with Gasteiger partial charge >= 0.3 is 6.18 Å². The van der Waals surface area contributed by atoms with Crippen molar-refractivity contribution < 1.29 is 22.8 Å². The minimum Gasteiger partial charge on any atom is -0.344 e. The van der Waals surface area contributed by atoms with Crippen LogP contribution in [0.4, 0.5) is 18.9 Å². The Kier molecular flexibility index (Phi) is 4.91. The lowest BCUT2D eigenvalue weighted by atomic mass is 10.2. The van der Waals surface area contributed by atoms with Gasteiger partial charge in [-0.25, -0.2) is 4.98 Å². The topological polar surface area (TPSA) is 78.1 Å². The Morgan fingerprint density at radius 3 is 2.62 bits per heavy atom. The van der Waals surface area contributed by atoms with E-state index in [1.165, 1.54) is 17.0 Å². The third kappa shape index (κ3) is 3.94. The van der Waals surface area contributed by atoms with E-state index >= 15 is 0 Å². The van der Waals surface area contributed by atoms with Crippen LogP contribution in [0.2, 0.25) is 0 Å². The van der Waals surface area contributed by atoms with Crippen molar-refractivity contribution in [2.24, 2.45) is 5.92 Å². The Morgan fingerprint density at radius 2 is 1.91 bits per heavy atom. The number of nitrogens with zero attached hydrogens (tertiary/aromatic N) is 2. The van der Waals surface area contributed by atoms with Crippen LogP contribution in [0.25, 0.3) is 11.0 Å². The molecule has 3 aromatic rings. The number of aromatic nitrogens is 2. The second-order valence-electron chi connectivity index (χ2n) is 8.39. The number of nitrogens with one attached hydrogen (secondary N) is 2. The van der Waals surface area contributed by atoms with Crippen molar-refractivity contribution in [3.63, 3.8) is 0 Å². The van der Waals surface area contributed by atoms with Crippen LogP contribution in [0.15, 0.2) is 48.5 Å². The SMILES string of the molecule is O=C(C[C@@H]1C[C@@H]1c1nc2ccccc2[nH]1)N[C@@H]1CCN(c2ccc(C(F)(F)F)cc2)C1=O. The van der Waals surface area contributed by atoms with Crippen molar-refractivity contribution in [2.75, 3.05) is 11.4 Å². The maximum absolute atomic E-state index is 12.7. The van der Waals surface area contributed by atoms with Crippen LogP contribution in [0, 0.1) is 5.92 Å². The van der Waals surface area contributed by atoms with Crippen LogP contribution in [-0.2, 0) is 15.8 Å². The molecule has 2 heterocycles. The van der Waals surface area contributed by atoms with Crippen molar-refractivity contribution in [1.82, 2.24) is 15.3 Å². The maximum atomic E-state index is 12.7. The number of para-hydroxylation sites is 2. The first-order chi connectivity index (χ1) is 15.3. The molecule has 0 unspecified atom stereocenters. The molecule has 1 aliphatic carbocycles. The number of alkyl halides is 3. The molecule has 6 nitrogen and oxygen atoms in total. The summed E-state index contributed by atoms with van der Waals surface area (Å²) in [7, 11) is 0. The van der Waals surface area contributed by atoms with Gasteiger partial charge in [-0.05, 0) is 55.2 Å². The lowest BCUT2D eigenvalue weighted by Crippen LogP contribution is -2.41. The minimum atomic E-state index is -4.42. The Balaban J connectivity index is 1.16. The standard InChI is InChI=1S/C23H21F3N4O2/c24-23(25,26)14-5-7-15(8-6-14)30-10-9-19(22(30)32)27-20(31)12-13-11-16(13)21-28-17-3-1-2-4-18(17)29-21/h1-8,13,16,19H,9-12H2,(H,27,31)(H,28,29)/t13-,16-,19+/m0/s1. The summed E-state index contributed by atoms with van der Waals surface area (Å²) >= 11 is 0. The van der Waals surface area contributed by atoms with E-state index in [1.807, 2.05) is 24.3 Å². The number of anilines is 1. The van der Waals surface area contributed by atoms with E-state index in [9.17, 15) is 22.8 Å². The Morgan fingerprint density at radius 1 is 1.16 bits per heavy atom.